The Kier molecular flexibility index (Phi) is 4.61. The minimum absolute atomic E-state index is 0.0657. The van der Waals surface area contributed by atoms with Crippen LogP contribution in [0.3, 0.4) is 0 Å². The third-order valence-corrected chi connectivity index (χ3v) is 4.31. The average Bonchev–Trinajstić information content (AvgIpc) is 2.97. The number of aryl methyl sites for hydroxylation is 1. The second kappa shape index (κ2) is 6.75. The molecule has 0 aliphatic carbocycles. The zero-order chi connectivity index (χ0) is 19.8. The molecule has 8 nitrogen and oxygen atoms in total. The normalized spacial score (nSPS) is 18.3. The Bertz CT molecular complexity index is 1030. The van der Waals surface area contributed by atoms with Crippen LogP contribution in [-0.4, -0.2) is 51.5 Å². The van der Waals surface area contributed by atoms with Gasteiger partial charge in [-0.15, -0.1) is 0 Å². The maximum Gasteiger partial charge on any atom is 0.274 e. The van der Waals surface area contributed by atoms with Gasteiger partial charge in [0.1, 0.15) is 6.04 Å². The van der Waals surface area contributed by atoms with Gasteiger partial charge in [0.25, 0.3) is 17.4 Å². The number of nitrogens with zero attached hydrogens (tertiary/aromatic N) is 4. The highest BCUT2D eigenvalue weighted by Crippen LogP contribution is 2.31. The van der Waals surface area contributed by atoms with Gasteiger partial charge < -0.3 is 10.2 Å². The van der Waals surface area contributed by atoms with Crippen molar-refractivity contribution in [2.75, 3.05) is 13.1 Å². The van der Waals surface area contributed by atoms with E-state index in [-0.39, 0.29) is 16.6 Å². The number of amides is 2. The summed E-state index contributed by atoms with van der Waals surface area (Å²) in [6.45, 7) is -1.42. The highest BCUT2D eigenvalue weighted by molar-refractivity contribution is 6.05. The van der Waals surface area contributed by atoms with Gasteiger partial charge in [0, 0.05) is 18.9 Å². The molecule has 10 heteroatoms. The molecule has 0 radical (unpaired) electrons. The van der Waals surface area contributed by atoms with E-state index in [0.717, 1.165) is 9.58 Å². The molecule has 2 amide bonds. The first kappa shape index (κ1) is 18.4. The number of carbonyl (C=O) groups excluding carboxylic acids is 2. The summed E-state index contributed by atoms with van der Waals surface area (Å²) < 4.78 is 27.9. The van der Waals surface area contributed by atoms with Crippen molar-refractivity contribution in [2.45, 2.75) is 18.4 Å². The molecule has 1 unspecified atom stereocenters. The predicted molar refractivity (Wildman–Crippen MR) is 90.0 cm³/mol. The molecule has 1 atom stereocenters. The van der Waals surface area contributed by atoms with Crippen molar-refractivity contribution >= 4 is 22.6 Å². The minimum atomic E-state index is -3.13. The molecule has 2 heterocycles. The van der Waals surface area contributed by atoms with Crippen LogP contribution in [0.2, 0.25) is 0 Å². The molecule has 0 spiro atoms. The predicted octanol–water partition coefficient (Wildman–Crippen LogP) is 0.423. The molecule has 1 aliphatic rings. The quantitative estimate of drug-likeness (QED) is 0.837. The van der Waals surface area contributed by atoms with Crippen molar-refractivity contribution in [2.24, 2.45) is 7.05 Å². The summed E-state index contributed by atoms with van der Waals surface area (Å²) in [4.78, 5) is 37.5. The average molecular weight is 375 g/mol. The number of hydrogen-bond donors (Lipinski definition) is 1. The van der Waals surface area contributed by atoms with Crippen LogP contribution in [0, 0.1) is 11.3 Å². The molecule has 1 saturated heterocycles. The lowest BCUT2D eigenvalue weighted by molar-refractivity contribution is -0.131. The molecule has 140 valence electrons. The number of benzene rings is 1. The topological polar surface area (TPSA) is 108 Å². The van der Waals surface area contributed by atoms with Crippen molar-refractivity contribution in [1.29, 1.82) is 5.26 Å². The summed E-state index contributed by atoms with van der Waals surface area (Å²) in [5.41, 5.74) is -0.446. The molecule has 1 aromatic heterocycles. The van der Waals surface area contributed by atoms with E-state index in [4.69, 9.17) is 5.26 Å². The fraction of sp³-hybridized carbons (Fsp3) is 0.353. The highest BCUT2D eigenvalue weighted by Gasteiger charge is 2.47. The molecule has 27 heavy (non-hydrogen) atoms. The maximum atomic E-state index is 13.4. The smallest absolute Gasteiger partial charge is 0.274 e. The lowest BCUT2D eigenvalue weighted by atomic mass is 10.1. The molecule has 1 aliphatic heterocycles. The lowest BCUT2D eigenvalue weighted by Gasteiger charge is -2.19. The standard InChI is InChI=1S/C17H15F2N5O3/c1-23-16(27)12-5-3-2-4-11(12)14(22-23)15(26)21-8-13(25)24-9-17(18,19)6-10(24)7-20/h2-5,10H,6,8-9H2,1H3,(H,21,26). The number of nitrogens with one attached hydrogen (secondary N) is 1. The number of alkyl halides is 2. The van der Waals surface area contributed by atoms with Crippen LogP contribution in [-0.2, 0) is 11.8 Å². The van der Waals surface area contributed by atoms with E-state index in [1.807, 2.05) is 0 Å². The van der Waals surface area contributed by atoms with E-state index in [1.54, 1.807) is 30.3 Å². The monoisotopic (exact) mass is 375 g/mol. The summed E-state index contributed by atoms with van der Waals surface area (Å²) in [6, 6.07) is 6.81. The molecule has 2 aromatic rings. The van der Waals surface area contributed by atoms with Crippen molar-refractivity contribution in [3.05, 3.63) is 40.3 Å². The zero-order valence-corrected chi connectivity index (χ0v) is 14.3. The second-order valence-electron chi connectivity index (χ2n) is 6.23. The molecule has 1 fully saturated rings. The third kappa shape index (κ3) is 3.48. The molecule has 1 aromatic carbocycles. The van der Waals surface area contributed by atoms with Crippen LogP contribution in [0.15, 0.2) is 29.1 Å². The van der Waals surface area contributed by atoms with Gasteiger partial charge in [0.15, 0.2) is 5.69 Å². The van der Waals surface area contributed by atoms with E-state index in [9.17, 15) is 23.2 Å². The number of rotatable bonds is 3. The Morgan fingerprint density at radius 2 is 2.04 bits per heavy atom. The van der Waals surface area contributed by atoms with Crippen LogP contribution >= 0.6 is 0 Å². The fourth-order valence-electron chi connectivity index (χ4n) is 3.00. The SMILES string of the molecule is Cn1nc(C(=O)NCC(=O)N2CC(F)(F)CC2C#N)c2ccccc2c1=O. The number of hydrogen-bond acceptors (Lipinski definition) is 5. The Hall–Kier alpha value is -3.35. The van der Waals surface area contributed by atoms with Crippen LogP contribution in [0.4, 0.5) is 8.78 Å². The summed E-state index contributed by atoms with van der Waals surface area (Å²) in [5.74, 6) is -4.65. The van der Waals surface area contributed by atoms with E-state index in [2.05, 4.69) is 10.4 Å². The van der Waals surface area contributed by atoms with Gasteiger partial charge in [-0.3, -0.25) is 14.4 Å². The minimum Gasteiger partial charge on any atom is -0.342 e. The van der Waals surface area contributed by atoms with Gasteiger partial charge in [0.2, 0.25) is 5.91 Å². The van der Waals surface area contributed by atoms with Gasteiger partial charge >= 0.3 is 0 Å². The van der Waals surface area contributed by atoms with E-state index >= 15 is 0 Å². The highest BCUT2D eigenvalue weighted by atomic mass is 19.3. The largest absolute Gasteiger partial charge is 0.342 e. The third-order valence-electron chi connectivity index (χ3n) is 4.31. The number of fused-ring (bicyclic) bond motifs is 1. The van der Waals surface area contributed by atoms with Gasteiger partial charge in [-0.25, -0.2) is 13.5 Å². The molecule has 0 bridgehead atoms. The maximum absolute atomic E-state index is 13.4. The van der Waals surface area contributed by atoms with Crippen LogP contribution in [0.1, 0.15) is 16.9 Å². The fourth-order valence-corrected chi connectivity index (χ4v) is 3.00. The molecule has 3 rings (SSSR count). The lowest BCUT2D eigenvalue weighted by Crippen LogP contribution is -2.43. The first-order valence-corrected chi connectivity index (χ1v) is 8.04. The molecule has 0 saturated carbocycles. The zero-order valence-electron chi connectivity index (χ0n) is 14.3. The first-order chi connectivity index (χ1) is 12.7. The molecular weight excluding hydrogens is 360 g/mol. The number of aromatic nitrogens is 2. The van der Waals surface area contributed by atoms with Crippen molar-refractivity contribution in [3.8, 4) is 6.07 Å². The second-order valence-corrected chi connectivity index (χ2v) is 6.23. The van der Waals surface area contributed by atoms with E-state index in [1.165, 1.54) is 7.05 Å². The summed E-state index contributed by atoms with van der Waals surface area (Å²) in [7, 11) is 1.39. The Morgan fingerprint density at radius 3 is 2.70 bits per heavy atom. The molecular formula is C17H15F2N5O3. The Labute approximate surface area is 152 Å². The van der Waals surface area contributed by atoms with Crippen molar-refractivity contribution < 1.29 is 18.4 Å². The molecule has 1 N–H and O–H groups in total. The van der Waals surface area contributed by atoms with Gasteiger partial charge in [-0.2, -0.15) is 10.4 Å². The van der Waals surface area contributed by atoms with E-state index < -0.39 is 43.3 Å². The van der Waals surface area contributed by atoms with Crippen LogP contribution in [0.5, 0.6) is 0 Å². The summed E-state index contributed by atoms with van der Waals surface area (Å²) in [6.07, 6.45) is -0.726. The first-order valence-electron chi connectivity index (χ1n) is 8.04. The van der Waals surface area contributed by atoms with Crippen LogP contribution in [0.25, 0.3) is 10.8 Å². The summed E-state index contributed by atoms with van der Waals surface area (Å²) in [5, 5.41) is 15.8. The van der Waals surface area contributed by atoms with E-state index in [0.29, 0.717) is 5.39 Å². The summed E-state index contributed by atoms with van der Waals surface area (Å²) >= 11 is 0. The van der Waals surface area contributed by atoms with Crippen molar-refractivity contribution in [3.63, 3.8) is 0 Å². The van der Waals surface area contributed by atoms with Gasteiger partial charge in [-0.1, -0.05) is 18.2 Å². The number of carbonyl (C=O) groups is 2. The van der Waals surface area contributed by atoms with Gasteiger partial charge in [0.05, 0.1) is 24.5 Å². The number of nitriles is 1. The van der Waals surface area contributed by atoms with Gasteiger partial charge in [-0.05, 0) is 6.07 Å². The Balaban J connectivity index is 1.78. The number of halogens is 2. The Morgan fingerprint density at radius 1 is 1.37 bits per heavy atom. The number of likely N-dealkylation sites (tertiary alicyclic amines) is 1. The van der Waals surface area contributed by atoms with Crippen molar-refractivity contribution in [1.82, 2.24) is 20.0 Å². The van der Waals surface area contributed by atoms with Crippen LogP contribution < -0.4 is 10.9 Å².